The van der Waals surface area contributed by atoms with Crippen LogP contribution < -0.4 is 10.1 Å². The van der Waals surface area contributed by atoms with Crippen LogP contribution in [0, 0.1) is 17.8 Å². The Balaban J connectivity index is 1.62. The van der Waals surface area contributed by atoms with Crippen LogP contribution in [0.25, 0.3) is 0 Å². The Morgan fingerprint density at radius 1 is 1.21 bits per heavy atom. The molecule has 2 aliphatic rings. The normalized spacial score (nSPS) is 28.1. The van der Waals surface area contributed by atoms with Crippen LogP contribution in [0.15, 0.2) is 36.4 Å². The quantitative estimate of drug-likeness (QED) is 0.815. The Hall–Kier alpha value is -1.58. The summed E-state index contributed by atoms with van der Waals surface area (Å²) >= 11 is 0. The molecule has 19 heavy (non-hydrogen) atoms. The van der Waals surface area contributed by atoms with Crippen molar-refractivity contribution in [1.29, 1.82) is 0 Å². The predicted molar refractivity (Wildman–Crippen MR) is 70.4 cm³/mol. The van der Waals surface area contributed by atoms with Gasteiger partial charge in [-0.15, -0.1) is 0 Å². The lowest BCUT2D eigenvalue weighted by atomic mass is 9.93. The molecule has 0 spiro atoms. The van der Waals surface area contributed by atoms with E-state index in [0.29, 0.717) is 17.5 Å². The largest absolute Gasteiger partial charge is 0.433 e. The lowest BCUT2D eigenvalue weighted by Gasteiger charge is -2.20. The molecule has 3 atom stereocenters. The van der Waals surface area contributed by atoms with E-state index in [1.54, 1.807) is 18.2 Å². The molecule has 2 bridgehead atoms. The molecule has 3 rings (SSSR count). The molecule has 2 aliphatic carbocycles. The van der Waals surface area contributed by atoms with Gasteiger partial charge in [0, 0.05) is 6.54 Å². The average Bonchev–Trinajstić information content (AvgIpc) is 2.99. The van der Waals surface area contributed by atoms with Crippen molar-refractivity contribution >= 4 is 5.69 Å². The Labute approximate surface area is 111 Å². The molecule has 0 radical (unpaired) electrons. The van der Waals surface area contributed by atoms with Crippen LogP contribution >= 0.6 is 0 Å². The number of hydrogen-bond donors (Lipinski definition) is 1. The van der Waals surface area contributed by atoms with Gasteiger partial charge in [0.2, 0.25) is 0 Å². The molecule has 4 heteroatoms. The molecule has 0 saturated heterocycles. The first-order valence-corrected chi connectivity index (χ1v) is 6.68. The zero-order chi connectivity index (χ0) is 13.2. The Kier molecular flexibility index (Phi) is 3.40. The number of anilines is 1. The number of rotatable bonds is 5. The van der Waals surface area contributed by atoms with Gasteiger partial charge in [0.25, 0.3) is 0 Å². The van der Waals surface area contributed by atoms with Crippen molar-refractivity contribution in [2.24, 2.45) is 17.8 Å². The second kappa shape index (κ2) is 5.19. The van der Waals surface area contributed by atoms with Gasteiger partial charge in [0.15, 0.2) is 0 Å². The minimum atomic E-state index is -2.78. The van der Waals surface area contributed by atoms with Gasteiger partial charge >= 0.3 is 6.61 Å². The summed E-state index contributed by atoms with van der Waals surface area (Å²) in [5.74, 6) is 2.20. The molecular weight excluding hydrogens is 248 g/mol. The summed E-state index contributed by atoms with van der Waals surface area (Å²) in [6.07, 6.45) is 7.05. The second-order valence-electron chi connectivity index (χ2n) is 5.30. The number of allylic oxidation sites excluding steroid dienone is 2. The van der Waals surface area contributed by atoms with E-state index < -0.39 is 6.61 Å². The van der Waals surface area contributed by atoms with Gasteiger partial charge < -0.3 is 10.1 Å². The van der Waals surface area contributed by atoms with E-state index in [-0.39, 0.29) is 5.75 Å². The molecule has 1 N–H and O–H groups in total. The van der Waals surface area contributed by atoms with Crippen molar-refractivity contribution in [3.63, 3.8) is 0 Å². The topological polar surface area (TPSA) is 21.3 Å². The zero-order valence-electron chi connectivity index (χ0n) is 10.6. The maximum atomic E-state index is 12.3. The van der Waals surface area contributed by atoms with E-state index in [2.05, 4.69) is 22.2 Å². The molecule has 3 unspecified atom stereocenters. The Morgan fingerprint density at radius 2 is 2.05 bits per heavy atom. The van der Waals surface area contributed by atoms with Crippen molar-refractivity contribution in [2.75, 3.05) is 11.9 Å². The highest BCUT2D eigenvalue weighted by Crippen LogP contribution is 2.43. The smallest absolute Gasteiger partial charge is 0.387 e. The molecule has 0 aromatic heterocycles. The molecule has 1 fully saturated rings. The minimum absolute atomic E-state index is 0.219. The standard InChI is InChI=1S/C15H17F2NO/c16-15(17)19-14-4-2-1-3-13(14)18-9-12-8-10-5-6-11(12)7-10/h1-6,10-12,15,18H,7-9H2. The van der Waals surface area contributed by atoms with E-state index >= 15 is 0 Å². The molecular formula is C15H17F2NO. The molecule has 102 valence electrons. The maximum absolute atomic E-state index is 12.3. The first kappa shape index (κ1) is 12.5. The molecule has 0 heterocycles. The zero-order valence-corrected chi connectivity index (χ0v) is 10.6. The molecule has 0 amide bonds. The fraction of sp³-hybridized carbons (Fsp3) is 0.467. The number of fused-ring (bicyclic) bond motifs is 2. The van der Waals surface area contributed by atoms with Crippen LogP contribution in [0.4, 0.5) is 14.5 Å². The molecule has 0 aliphatic heterocycles. The van der Waals surface area contributed by atoms with Crippen molar-refractivity contribution in [1.82, 2.24) is 0 Å². The summed E-state index contributed by atoms with van der Waals surface area (Å²) < 4.78 is 29.1. The third-order valence-corrected chi connectivity index (χ3v) is 4.07. The van der Waals surface area contributed by atoms with Crippen LogP contribution in [0.1, 0.15) is 12.8 Å². The van der Waals surface area contributed by atoms with E-state index in [1.807, 2.05) is 6.07 Å². The number of nitrogens with one attached hydrogen (secondary N) is 1. The van der Waals surface area contributed by atoms with Crippen LogP contribution in [-0.2, 0) is 0 Å². The van der Waals surface area contributed by atoms with Crippen LogP contribution in [0.3, 0.4) is 0 Å². The summed E-state index contributed by atoms with van der Waals surface area (Å²) in [5, 5.41) is 3.25. The van der Waals surface area contributed by atoms with Crippen molar-refractivity contribution in [3.8, 4) is 5.75 Å². The lowest BCUT2D eigenvalue weighted by molar-refractivity contribution is -0.0493. The van der Waals surface area contributed by atoms with Crippen LogP contribution in [-0.4, -0.2) is 13.2 Å². The highest BCUT2D eigenvalue weighted by atomic mass is 19.3. The highest BCUT2D eigenvalue weighted by molar-refractivity contribution is 5.56. The van der Waals surface area contributed by atoms with Crippen molar-refractivity contribution in [3.05, 3.63) is 36.4 Å². The summed E-state index contributed by atoms with van der Waals surface area (Å²) in [6.45, 7) is -1.97. The van der Waals surface area contributed by atoms with Gasteiger partial charge in [-0.1, -0.05) is 24.3 Å². The Morgan fingerprint density at radius 3 is 2.74 bits per heavy atom. The first-order valence-electron chi connectivity index (χ1n) is 6.68. The SMILES string of the molecule is FC(F)Oc1ccccc1NCC1CC2C=CC1C2. The first-order chi connectivity index (χ1) is 9.22. The van der Waals surface area contributed by atoms with Crippen LogP contribution in [0.5, 0.6) is 5.75 Å². The fourth-order valence-corrected chi connectivity index (χ4v) is 3.18. The molecule has 1 aromatic carbocycles. The van der Waals surface area contributed by atoms with Crippen molar-refractivity contribution in [2.45, 2.75) is 19.5 Å². The fourth-order valence-electron chi connectivity index (χ4n) is 3.18. The van der Waals surface area contributed by atoms with E-state index in [0.717, 1.165) is 12.5 Å². The van der Waals surface area contributed by atoms with Crippen LogP contribution in [0.2, 0.25) is 0 Å². The maximum Gasteiger partial charge on any atom is 0.387 e. The van der Waals surface area contributed by atoms with Gasteiger partial charge in [-0.2, -0.15) is 8.78 Å². The van der Waals surface area contributed by atoms with Gasteiger partial charge in [-0.3, -0.25) is 0 Å². The number of para-hydroxylation sites is 2. The van der Waals surface area contributed by atoms with Crippen molar-refractivity contribution < 1.29 is 13.5 Å². The molecule has 1 aromatic rings. The number of alkyl halides is 2. The van der Waals surface area contributed by atoms with Gasteiger partial charge in [0.05, 0.1) is 5.69 Å². The Bertz CT molecular complexity index is 475. The monoisotopic (exact) mass is 265 g/mol. The summed E-state index contributed by atoms with van der Waals surface area (Å²) in [7, 11) is 0. The average molecular weight is 265 g/mol. The predicted octanol–water partition coefficient (Wildman–Crippen LogP) is 3.91. The lowest BCUT2D eigenvalue weighted by Crippen LogP contribution is -2.18. The number of ether oxygens (including phenoxy) is 1. The van der Waals surface area contributed by atoms with Gasteiger partial charge in [0.1, 0.15) is 5.75 Å². The number of hydrogen-bond acceptors (Lipinski definition) is 2. The van der Waals surface area contributed by atoms with Gasteiger partial charge in [-0.05, 0) is 42.7 Å². The van der Waals surface area contributed by atoms with E-state index in [4.69, 9.17) is 0 Å². The third-order valence-electron chi connectivity index (χ3n) is 4.07. The number of halogens is 2. The summed E-state index contributed by atoms with van der Waals surface area (Å²) in [4.78, 5) is 0. The van der Waals surface area contributed by atoms with Gasteiger partial charge in [-0.25, -0.2) is 0 Å². The van der Waals surface area contributed by atoms with E-state index in [9.17, 15) is 8.78 Å². The number of benzene rings is 1. The third kappa shape index (κ3) is 2.72. The highest BCUT2D eigenvalue weighted by Gasteiger charge is 2.35. The summed E-state index contributed by atoms with van der Waals surface area (Å²) in [6, 6.07) is 6.86. The summed E-state index contributed by atoms with van der Waals surface area (Å²) in [5.41, 5.74) is 0.648. The minimum Gasteiger partial charge on any atom is -0.433 e. The van der Waals surface area contributed by atoms with E-state index in [1.165, 1.54) is 12.8 Å². The molecule has 2 nitrogen and oxygen atoms in total. The molecule has 1 saturated carbocycles. The second-order valence-corrected chi connectivity index (χ2v) is 5.30.